The first kappa shape index (κ1) is 18.1. The van der Waals surface area contributed by atoms with E-state index in [4.69, 9.17) is 4.74 Å². The first-order valence-corrected chi connectivity index (χ1v) is 7.72. The molecule has 0 aliphatic heterocycles. The highest BCUT2D eigenvalue weighted by molar-refractivity contribution is 6.01. The van der Waals surface area contributed by atoms with E-state index in [0.717, 1.165) is 11.3 Å². The largest absolute Gasteiger partial charge is 0.496 e. The van der Waals surface area contributed by atoms with E-state index in [2.05, 4.69) is 20.8 Å². The number of pyridine rings is 1. The van der Waals surface area contributed by atoms with Crippen LogP contribution in [0.5, 0.6) is 5.75 Å². The number of nitrogens with one attached hydrogen (secondary N) is 2. The highest BCUT2D eigenvalue weighted by Gasteiger charge is 2.08. The van der Waals surface area contributed by atoms with Gasteiger partial charge in [-0.3, -0.25) is 14.6 Å². The summed E-state index contributed by atoms with van der Waals surface area (Å²) in [5.41, 5.74) is 4.19. The molecule has 25 heavy (non-hydrogen) atoms. The number of aromatic nitrogens is 1. The molecule has 0 aliphatic rings. The van der Waals surface area contributed by atoms with Gasteiger partial charge in [0.05, 0.1) is 19.1 Å². The molecule has 2 aromatic rings. The lowest BCUT2D eigenvalue weighted by molar-refractivity contribution is -0.120. The average molecular weight is 340 g/mol. The van der Waals surface area contributed by atoms with Gasteiger partial charge in [-0.05, 0) is 25.1 Å². The van der Waals surface area contributed by atoms with Gasteiger partial charge in [-0.1, -0.05) is 18.2 Å². The summed E-state index contributed by atoms with van der Waals surface area (Å²) in [6, 6.07) is 10.8. The van der Waals surface area contributed by atoms with E-state index in [1.807, 2.05) is 24.3 Å². The van der Waals surface area contributed by atoms with Gasteiger partial charge in [-0.15, -0.1) is 0 Å². The summed E-state index contributed by atoms with van der Waals surface area (Å²) in [4.78, 5) is 27.7. The van der Waals surface area contributed by atoms with Gasteiger partial charge in [0.2, 0.25) is 5.91 Å². The van der Waals surface area contributed by atoms with Crippen LogP contribution in [-0.4, -0.2) is 29.6 Å². The first-order valence-electron chi connectivity index (χ1n) is 7.72. The topological polar surface area (TPSA) is 92.7 Å². The van der Waals surface area contributed by atoms with Crippen LogP contribution in [0.4, 0.5) is 0 Å². The second-order valence-corrected chi connectivity index (χ2v) is 5.30. The Labute approximate surface area is 146 Å². The van der Waals surface area contributed by atoms with Crippen molar-refractivity contribution < 1.29 is 14.3 Å². The van der Waals surface area contributed by atoms with Crippen LogP contribution in [0.1, 0.15) is 29.3 Å². The van der Waals surface area contributed by atoms with Crippen molar-refractivity contribution in [1.82, 2.24) is 15.7 Å². The molecule has 7 nitrogen and oxygen atoms in total. The second kappa shape index (κ2) is 9.17. The van der Waals surface area contributed by atoms with Crippen LogP contribution in [0.15, 0.2) is 53.9 Å². The van der Waals surface area contributed by atoms with E-state index in [1.165, 1.54) is 6.20 Å². The summed E-state index contributed by atoms with van der Waals surface area (Å²) >= 11 is 0. The molecule has 0 saturated heterocycles. The Morgan fingerprint density at radius 2 is 2.00 bits per heavy atom. The molecular weight excluding hydrogens is 320 g/mol. The number of amides is 2. The van der Waals surface area contributed by atoms with Gasteiger partial charge >= 0.3 is 0 Å². The number of carbonyl (C=O) groups is 2. The molecule has 0 fully saturated rings. The second-order valence-electron chi connectivity index (χ2n) is 5.30. The van der Waals surface area contributed by atoms with Crippen LogP contribution < -0.4 is 15.5 Å². The summed E-state index contributed by atoms with van der Waals surface area (Å²) < 4.78 is 5.24. The molecule has 7 heteroatoms. The summed E-state index contributed by atoms with van der Waals surface area (Å²) in [6.07, 6.45) is 3.11. The minimum atomic E-state index is -0.373. The van der Waals surface area contributed by atoms with Crippen LogP contribution in [-0.2, 0) is 11.3 Å². The van der Waals surface area contributed by atoms with Gasteiger partial charge in [-0.25, -0.2) is 5.43 Å². The number of para-hydroxylation sites is 1. The minimum Gasteiger partial charge on any atom is -0.496 e. The van der Waals surface area contributed by atoms with Crippen molar-refractivity contribution in [2.24, 2.45) is 5.10 Å². The maximum atomic E-state index is 12.0. The van der Waals surface area contributed by atoms with Crippen LogP contribution in [0.25, 0.3) is 0 Å². The maximum absolute atomic E-state index is 12.0. The van der Waals surface area contributed by atoms with Crippen LogP contribution in [0.2, 0.25) is 0 Å². The number of hydrogen-bond acceptors (Lipinski definition) is 5. The average Bonchev–Trinajstić information content (AvgIpc) is 2.65. The number of hydrazone groups is 1. The van der Waals surface area contributed by atoms with Crippen molar-refractivity contribution in [2.75, 3.05) is 7.11 Å². The lowest BCUT2D eigenvalue weighted by Gasteiger charge is -2.09. The van der Waals surface area contributed by atoms with E-state index in [1.54, 1.807) is 32.4 Å². The quantitative estimate of drug-likeness (QED) is 0.595. The highest BCUT2D eigenvalue weighted by Crippen LogP contribution is 2.16. The summed E-state index contributed by atoms with van der Waals surface area (Å²) in [7, 11) is 1.59. The molecule has 2 amide bonds. The third kappa shape index (κ3) is 5.72. The van der Waals surface area contributed by atoms with Crippen molar-refractivity contribution in [1.29, 1.82) is 0 Å². The molecule has 0 bridgehead atoms. The number of ether oxygens (including phenoxy) is 1. The van der Waals surface area contributed by atoms with Crippen molar-refractivity contribution in [3.63, 3.8) is 0 Å². The number of hydrogen-bond donors (Lipinski definition) is 2. The Bertz CT molecular complexity index is 760. The normalized spacial score (nSPS) is 10.9. The Balaban J connectivity index is 1.82. The molecule has 2 rings (SSSR count). The Hall–Kier alpha value is -3.22. The molecule has 0 unspecified atom stereocenters. The Morgan fingerprint density at radius 3 is 2.72 bits per heavy atom. The van der Waals surface area contributed by atoms with Gasteiger partial charge in [-0.2, -0.15) is 5.10 Å². The molecule has 0 saturated carbocycles. The predicted molar refractivity (Wildman–Crippen MR) is 94.3 cm³/mol. The molecule has 0 atom stereocenters. The van der Waals surface area contributed by atoms with E-state index in [-0.39, 0.29) is 18.2 Å². The van der Waals surface area contributed by atoms with Gasteiger partial charge < -0.3 is 10.1 Å². The van der Waals surface area contributed by atoms with Crippen molar-refractivity contribution in [3.05, 3.63) is 59.9 Å². The standard InChI is InChI=1S/C18H20N4O3/c1-13(21-22-18(24)15-7-5-9-19-11-15)10-17(23)20-12-14-6-3-4-8-16(14)25-2/h3-9,11H,10,12H2,1-2H3,(H,20,23)(H,22,24). The monoisotopic (exact) mass is 340 g/mol. The minimum absolute atomic E-state index is 0.0858. The zero-order valence-electron chi connectivity index (χ0n) is 14.2. The molecule has 2 N–H and O–H groups in total. The van der Waals surface area contributed by atoms with Crippen LogP contribution >= 0.6 is 0 Å². The van der Waals surface area contributed by atoms with Crippen molar-refractivity contribution in [2.45, 2.75) is 19.9 Å². The predicted octanol–water partition coefficient (Wildman–Crippen LogP) is 1.90. The van der Waals surface area contributed by atoms with E-state index < -0.39 is 0 Å². The van der Waals surface area contributed by atoms with Gasteiger partial charge in [0, 0.05) is 30.2 Å². The van der Waals surface area contributed by atoms with Gasteiger partial charge in [0.1, 0.15) is 5.75 Å². The molecule has 130 valence electrons. The first-order chi connectivity index (χ1) is 12.1. The lowest BCUT2D eigenvalue weighted by Crippen LogP contribution is -2.26. The molecule has 1 aromatic carbocycles. The number of carbonyl (C=O) groups excluding carboxylic acids is 2. The number of nitrogens with zero attached hydrogens (tertiary/aromatic N) is 2. The third-order valence-electron chi connectivity index (χ3n) is 3.36. The number of methoxy groups -OCH3 is 1. The zero-order valence-corrected chi connectivity index (χ0v) is 14.2. The fraction of sp³-hybridized carbons (Fsp3) is 0.222. The summed E-state index contributed by atoms with van der Waals surface area (Å²) in [5, 5.41) is 6.73. The van der Waals surface area contributed by atoms with Crippen molar-refractivity contribution >= 4 is 17.5 Å². The molecular formula is C18H20N4O3. The summed E-state index contributed by atoms with van der Waals surface area (Å²) in [6.45, 7) is 2.03. The fourth-order valence-corrected chi connectivity index (χ4v) is 2.09. The van der Waals surface area contributed by atoms with E-state index in [0.29, 0.717) is 17.8 Å². The van der Waals surface area contributed by atoms with Gasteiger partial charge in [0.15, 0.2) is 0 Å². The number of benzene rings is 1. The smallest absolute Gasteiger partial charge is 0.272 e. The van der Waals surface area contributed by atoms with E-state index >= 15 is 0 Å². The fourth-order valence-electron chi connectivity index (χ4n) is 2.09. The molecule has 0 radical (unpaired) electrons. The van der Waals surface area contributed by atoms with Crippen LogP contribution in [0, 0.1) is 0 Å². The SMILES string of the molecule is COc1ccccc1CNC(=O)CC(C)=NNC(=O)c1cccnc1. The Morgan fingerprint density at radius 1 is 1.20 bits per heavy atom. The lowest BCUT2D eigenvalue weighted by atomic mass is 10.2. The molecule has 1 aromatic heterocycles. The highest BCUT2D eigenvalue weighted by atomic mass is 16.5. The summed E-state index contributed by atoms with van der Waals surface area (Å²) in [5.74, 6) is 0.154. The van der Waals surface area contributed by atoms with Gasteiger partial charge in [0.25, 0.3) is 5.91 Å². The van der Waals surface area contributed by atoms with Crippen molar-refractivity contribution in [3.8, 4) is 5.75 Å². The molecule has 0 spiro atoms. The van der Waals surface area contributed by atoms with E-state index in [9.17, 15) is 9.59 Å². The molecule has 0 aliphatic carbocycles. The van der Waals surface area contributed by atoms with Crippen LogP contribution in [0.3, 0.4) is 0 Å². The molecule has 1 heterocycles. The Kier molecular flexibility index (Phi) is 6.65. The maximum Gasteiger partial charge on any atom is 0.272 e. The number of rotatable bonds is 7. The zero-order chi connectivity index (χ0) is 18.1. The third-order valence-corrected chi connectivity index (χ3v) is 3.36.